The summed E-state index contributed by atoms with van der Waals surface area (Å²) in [7, 11) is -6.58. The second-order valence-corrected chi connectivity index (χ2v) is 16.1. The van der Waals surface area contributed by atoms with Crippen molar-refractivity contribution in [2.24, 2.45) is 0 Å². The zero-order valence-corrected chi connectivity index (χ0v) is 28.4. The monoisotopic (exact) mass is 714 g/mol. The van der Waals surface area contributed by atoms with Gasteiger partial charge in [-0.25, -0.2) is 27.5 Å². The van der Waals surface area contributed by atoms with E-state index >= 15 is 0 Å². The molecule has 2 amide bonds. The first-order chi connectivity index (χ1) is 23.2. The summed E-state index contributed by atoms with van der Waals surface area (Å²) >= 11 is 0. The SMILES string of the molecule is O=C(NP(=O)(N1CCOCC1)N1CCOCC1)c1ccc(F)cc1.O=C(NP(=O)(N1CCOCC1)N1CCOCC1)c1ccc(F)cc1. The summed E-state index contributed by atoms with van der Waals surface area (Å²) in [5.41, 5.74) is 0.552. The number of hydrogen-bond acceptors (Lipinski definition) is 8. The van der Waals surface area contributed by atoms with Crippen molar-refractivity contribution < 1.29 is 46.4 Å². The van der Waals surface area contributed by atoms with Gasteiger partial charge in [0, 0.05) is 63.5 Å². The third kappa shape index (κ3) is 9.33. The Labute approximate surface area is 278 Å². The Bertz CT molecular complexity index is 1300. The fourth-order valence-corrected chi connectivity index (χ4v) is 10.4. The summed E-state index contributed by atoms with van der Waals surface area (Å²) in [5.74, 6) is -1.79. The summed E-state index contributed by atoms with van der Waals surface area (Å²) in [5, 5.41) is 5.41. The van der Waals surface area contributed by atoms with E-state index < -0.39 is 38.6 Å². The van der Waals surface area contributed by atoms with Crippen molar-refractivity contribution in [3.05, 3.63) is 71.3 Å². The minimum absolute atomic E-state index is 0.276. The molecule has 14 nitrogen and oxygen atoms in total. The maximum atomic E-state index is 13.7. The molecule has 18 heteroatoms. The molecule has 0 unspecified atom stereocenters. The van der Waals surface area contributed by atoms with E-state index in [9.17, 15) is 27.5 Å². The lowest BCUT2D eigenvalue weighted by atomic mass is 10.2. The molecule has 2 aromatic rings. The summed E-state index contributed by atoms with van der Waals surface area (Å²) in [6.45, 7) is 7.66. The number of morpholine rings is 4. The highest BCUT2D eigenvalue weighted by Crippen LogP contribution is 2.51. The van der Waals surface area contributed by atoms with Crippen molar-refractivity contribution >= 4 is 27.0 Å². The molecule has 4 heterocycles. The Morgan fingerprint density at radius 3 is 0.938 bits per heavy atom. The first kappa shape index (κ1) is 36.7. The van der Waals surface area contributed by atoms with Crippen LogP contribution in [0.3, 0.4) is 0 Å². The first-order valence-electron chi connectivity index (χ1n) is 15.9. The maximum absolute atomic E-state index is 13.7. The second kappa shape index (κ2) is 17.3. The van der Waals surface area contributed by atoms with Gasteiger partial charge < -0.3 is 18.9 Å². The molecule has 48 heavy (non-hydrogen) atoms. The van der Waals surface area contributed by atoms with Crippen molar-refractivity contribution in [2.45, 2.75) is 0 Å². The lowest BCUT2D eigenvalue weighted by molar-refractivity contribution is 0.0505. The van der Waals surface area contributed by atoms with Gasteiger partial charge in [-0.1, -0.05) is 0 Å². The molecule has 0 spiro atoms. The van der Waals surface area contributed by atoms with E-state index in [-0.39, 0.29) is 11.1 Å². The van der Waals surface area contributed by atoms with Gasteiger partial charge in [-0.3, -0.25) is 28.9 Å². The largest absolute Gasteiger partial charge is 0.379 e. The van der Waals surface area contributed by atoms with Crippen LogP contribution in [0, 0.1) is 11.6 Å². The predicted octanol–water partition coefficient (Wildman–Crippen LogP) is 2.66. The second-order valence-electron chi connectivity index (χ2n) is 11.2. The van der Waals surface area contributed by atoms with Crippen LogP contribution in [0.25, 0.3) is 0 Å². The lowest BCUT2D eigenvalue weighted by Crippen LogP contribution is -2.48. The van der Waals surface area contributed by atoms with E-state index in [1.807, 2.05) is 0 Å². The molecule has 0 atom stereocenters. The fraction of sp³-hybridized carbons (Fsp3) is 0.533. The molecule has 2 aromatic carbocycles. The number of nitrogens with one attached hydrogen (secondary N) is 2. The van der Waals surface area contributed by atoms with E-state index in [0.717, 1.165) is 0 Å². The van der Waals surface area contributed by atoms with Gasteiger partial charge in [0.2, 0.25) is 0 Å². The number of nitrogens with zero attached hydrogens (tertiary/aromatic N) is 4. The zero-order chi connectivity index (χ0) is 34.0. The maximum Gasteiger partial charge on any atom is 0.311 e. The third-order valence-corrected chi connectivity index (χ3v) is 13.8. The van der Waals surface area contributed by atoms with Crippen LogP contribution < -0.4 is 10.2 Å². The van der Waals surface area contributed by atoms with Crippen LogP contribution in [0.15, 0.2) is 48.5 Å². The molecule has 264 valence electrons. The van der Waals surface area contributed by atoms with Gasteiger partial charge in [-0.2, -0.15) is 0 Å². The van der Waals surface area contributed by atoms with Crippen molar-refractivity contribution in [3.8, 4) is 0 Å². The summed E-state index contributed by atoms with van der Waals surface area (Å²) < 4.78 is 81.9. The minimum atomic E-state index is -3.29. The number of halogens is 2. The number of ether oxygens (including phenoxy) is 4. The first-order valence-corrected chi connectivity index (χ1v) is 19.1. The molecule has 4 aliphatic rings. The van der Waals surface area contributed by atoms with Crippen molar-refractivity contribution in [3.63, 3.8) is 0 Å². The highest BCUT2D eigenvalue weighted by Gasteiger charge is 2.42. The number of amides is 2. The van der Waals surface area contributed by atoms with Crippen molar-refractivity contribution in [2.75, 3.05) is 105 Å². The molecule has 0 bridgehead atoms. The molecule has 4 aliphatic heterocycles. The summed E-state index contributed by atoms with van der Waals surface area (Å²) in [6.07, 6.45) is 0. The molecular formula is C30H42F2N6O8P2. The van der Waals surface area contributed by atoms with Crippen molar-refractivity contribution in [1.29, 1.82) is 0 Å². The highest BCUT2D eigenvalue weighted by atomic mass is 31.2. The Balaban J connectivity index is 0.000000188. The molecule has 0 aromatic heterocycles. The molecule has 4 saturated heterocycles. The van der Waals surface area contributed by atoms with Crippen molar-refractivity contribution in [1.82, 2.24) is 28.9 Å². The topological polar surface area (TPSA) is 142 Å². The molecular weight excluding hydrogens is 672 g/mol. The van der Waals surface area contributed by atoms with E-state index in [1.54, 1.807) is 18.7 Å². The molecule has 0 radical (unpaired) electrons. The number of rotatable bonds is 8. The number of hydrogen-bond donors (Lipinski definition) is 2. The molecule has 2 N–H and O–H groups in total. The Morgan fingerprint density at radius 1 is 0.479 bits per heavy atom. The van der Waals surface area contributed by atoms with Gasteiger partial charge >= 0.3 is 15.2 Å². The molecule has 0 aliphatic carbocycles. The lowest BCUT2D eigenvalue weighted by Gasteiger charge is -2.41. The molecule has 4 fully saturated rings. The predicted molar refractivity (Wildman–Crippen MR) is 173 cm³/mol. The van der Waals surface area contributed by atoms with Gasteiger partial charge in [0.1, 0.15) is 11.6 Å². The number of carbonyl (C=O) groups excluding carboxylic acids is 2. The Kier molecular flexibility index (Phi) is 13.2. The highest BCUT2D eigenvalue weighted by molar-refractivity contribution is 7.58. The van der Waals surface area contributed by atoms with Crippen LogP contribution >= 0.6 is 15.2 Å². The van der Waals surface area contributed by atoms with Gasteiger partial charge in [0.05, 0.1) is 52.9 Å². The van der Waals surface area contributed by atoms with E-state index in [2.05, 4.69) is 10.2 Å². The van der Waals surface area contributed by atoms with E-state index in [4.69, 9.17) is 18.9 Å². The van der Waals surface area contributed by atoms with Crippen LogP contribution in [-0.2, 0) is 28.1 Å². The van der Waals surface area contributed by atoms with Crippen LogP contribution in [0.2, 0.25) is 0 Å². The molecule has 6 rings (SSSR count). The van der Waals surface area contributed by atoms with Crippen LogP contribution in [0.5, 0.6) is 0 Å². The average Bonchev–Trinajstić information content (AvgIpc) is 3.14. The smallest absolute Gasteiger partial charge is 0.311 e. The zero-order valence-electron chi connectivity index (χ0n) is 26.6. The van der Waals surface area contributed by atoms with E-state index in [0.29, 0.717) is 105 Å². The Hall–Kier alpha value is -2.62. The Morgan fingerprint density at radius 2 is 0.708 bits per heavy atom. The van der Waals surface area contributed by atoms with Crippen LogP contribution in [0.1, 0.15) is 20.7 Å². The summed E-state index contributed by atoms with van der Waals surface area (Å²) in [4.78, 5) is 25.1. The fourth-order valence-electron chi connectivity index (χ4n) is 5.54. The normalized spacial score (nSPS) is 20.7. The number of carbonyl (C=O) groups is 2. The van der Waals surface area contributed by atoms with Crippen LogP contribution in [-0.4, -0.2) is 136 Å². The van der Waals surface area contributed by atoms with Crippen LogP contribution in [0.4, 0.5) is 8.78 Å². The average molecular weight is 715 g/mol. The standard InChI is InChI=1S/2C15H21FN3O4P/c2*16-14-3-1-13(2-4-14)15(20)17-24(21,18-5-9-22-10-6-18)19-7-11-23-12-8-19/h2*1-4H,5-12H2,(H,17,20,21). The van der Waals surface area contributed by atoms with Gasteiger partial charge in [-0.05, 0) is 48.5 Å². The van der Waals surface area contributed by atoms with Gasteiger partial charge in [0.25, 0.3) is 11.8 Å². The summed E-state index contributed by atoms with van der Waals surface area (Å²) in [6, 6.07) is 10.4. The number of benzene rings is 2. The third-order valence-electron chi connectivity index (χ3n) is 8.19. The quantitative estimate of drug-likeness (QED) is 0.389. The minimum Gasteiger partial charge on any atom is -0.379 e. The van der Waals surface area contributed by atoms with E-state index in [1.165, 1.54) is 48.5 Å². The van der Waals surface area contributed by atoms with Gasteiger partial charge in [-0.15, -0.1) is 0 Å². The van der Waals surface area contributed by atoms with Gasteiger partial charge in [0.15, 0.2) is 0 Å². The molecule has 0 saturated carbocycles.